The van der Waals surface area contributed by atoms with E-state index in [9.17, 15) is 13.2 Å². The number of anilines is 1. The lowest BCUT2D eigenvalue weighted by molar-refractivity contribution is -0.138. The van der Waals surface area contributed by atoms with Crippen LogP contribution >= 0.6 is 43.2 Å². The van der Waals surface area contributed by atoms with Crippen LogP contribution < -0.4 is 5.32 Å². The summed E-state index contributed by atoms with van der Waals surface area (Å²) in [6.07, 6.45) is -4.37. The molecule has 2 rings (SSSR count). The Morgan fingerprint density at radius 3 is 2.40 bits per heavy atom. The maximum absolute atomic E-state index is 12.8. The summed E-state index contributed by atoms with van der Waals surface area (Å²) in [5, 5.41) is 3.08. The summed E-state index contributed by atoms with van der Waals surface area (Å²) in [7, 11) is 0. The average molecular weight is 429 g/mol. The van der Waals surface area contributed by atoms with Gasteiger partial charge in [0.2, 0.25) is 0 Å². The molecule has 0 aliphatic carbocycles. The monoisotopic (exact) mass is 427 g/mol. The molecule has 1 nitrogen and oxygen atoms in total. The number of rotatable bonds is 3. The first-order chi connectivity index (χ1) is 9.27. The predicted molar refractivity (Wildman–Crippen MR) is 83.2 cm³/mol. The topological polar surface area (TPSA) is 12.0 Å². The molecular formula is C13H10Br2F3NS. The van der Waals surface area contributed by atoms with Gasteiger partial charge < -0.3 is 5.32 Å². The zero-order valence-corrected chi connectivity index (χ0v) is 14.3. The van der Waals surface area contributed by atoms with E-state index in [0.29, 0.717) is 5.69 Å². The van der Waals surface area contributed by atoms with Gasteiger partial charge in [-0.15, -0.1) is 11.3 Å². The second-order valence-corrected chi connectivity index (χ2v) is 7.55. The molecule has 0 bridgehead atoms. The quantitative estimate of drug-likeness (QED) is 0.591. The maximum Gasteiger partial charge on any atom is 0.417 e. The minimum atomic E-state index is -4.37. The fourth-order valence-corrected chi connectivity index (χ4v) is 3.61. The van der Waals surface area contributed by atoms with Gasteiger partial charge in [0.05, 0.1) is 15.4 Å². The van der Waals surface area contributed by atoms with Crippen LogP contribution in [0.15, 0.2) is 38.6 Å². The molecule has 1 atom stereocenters. The molecule has 0 aliphatic heterocycles. The van der Waals surface area contributed by atoms with E-state index in [0.717, 1.165) is 14.7 Å². The molecule has 1 aromatic carbocycles. The van der Waals surface area contributed by atoms with Crippen molar-refractivity contribution >= 4 is 48.9 Å². The zero-order chi connectivity index (χ0) is 14.9. The molecule has 0 amide bonds. The molecular weight excluding hydrogens is 419 g/mol. The highest BCUT2D eigenvalue weighted by Gasteiger charge is 2.33. The van der Waals surface area contributed by atoms with Crippen LogP contribution in [-0.4, -0.2) is 0 Å². The lowest BCUT2D eigenvalue weighted by Crippen LogP contribution is -2.09. The molecule has 1 aromatic heterocycles. The molecule has 0 spiro atoms. The van der Waals surface area contributed by atoms with E-state index in [1.165, 1.54) is 6.07 Å². The Kier molecular flexibility index (Phi) is 4.81. The fourth-order valence-electron chi connectivity index (χ4n) is 1.71. The highest BCUT2D eigenvalue weighted by Crippen LogP contribution is 2.37. The van der Waals surface area contributed by atoms with Crippen LogP contribution in [0.5, 0.6) is 0 Å². The van der Waals surface area contributed by atoms with Gasteiger partial charge >= 0.3 is 6.18 Å². The van der Waals surface area contributed by atoms with Crippen molar-refractivity contribution in [3.8, 4) is 0 Å². The normalized spacial score (nSPS) is 13.3. The number of nitrogens with one attached hydrogen (secondary N) is 1. The largest absolute Gasteiger partial charge is 0.417 e. The summed E-state index contributed by atoms with van der Waals surface area (Å²) in [6, 6.07) is 7.94. The summed E-state index contributed by atoms with van der Waals surface area (Å²) in [5.74, 6) is 0. The van der Waals surface area contributed by atoms with Gasteiger partial charge in [-0.3, -0.25) is 0 Å². The third-order valence-electron chi connectivity index (χ3n) is 2.68. The number of hydrogen-bond donors (Lipinski definition) is 1. The van der Waals surface area contributed by atoms with Crippen molar-refractivity contribution < 1.29 is 13.2 Å². The van der Waals surface area contributed by atoms with Gasteiger partial charge in [0, 0.05) is 15.0 Å². The van der Waals surface area contributed by atoms with Gasteiger partial charge in [-0.2, -0.15) is 13.2 Å². The zero-order valence-electron chi connectivity index (χ0n) is 10.3. The van der Waals surface area contributed by atoms with Crippen molar-refractivity contribution in [1.29, 1.82) is 0 Å². The van der Waals surface area contributed by atoms with Crippen molar-refractivity contribution in [1.82, 2.24) is 0 Å². The van der Waals surface area contributed by atoms with Crippen LogP contribution in [0.1, 0.15) is 23.4 Å². The Labute approximate surface area is 135 Å². The van der Waals surface area contributed by atoms with Gasteiger partial charge in [-0.1, -0.05) is 15.9 Å². The van der Waals surface area contributed by atoms with Crippen LogP contribution in [0, 0.1) is 0 Å². The lowest BCUT2D eigenvalue weighted by atomic mass is 10.1. The van der Waals surface area contributed by atoms with Crippen molar-refractivity contribution in [3.05, 3.63) is 49.0 Å². The second-order valence-electron chi connectivity index (χ2n) is 4.20. The highest BCUT2D eigenvalue weighted by molar-refractivity contribution is 9.11. The molecule has 7 heteroatoms. The molecule has 0 saturated heterocycles. The first-order valence-corrected chi connectivity index (χ1v) is 8.06. The average Bonchev–Trinajstić information content (AvgIpc) is 2.77. The first kappa shape index (κ1) is 15.9. The second kappa shape index (κ2) is 6.07. The van der Waals surface area contributed by atoms with Gasteiger partial charge in [-0.05, 0) is 53.2 Å². The van der Waals surface area contributed by atoms with E-state index in [1.807, 2.05) is 19.1 Å². The van der Waals surface area contributed by atoms with Gasteiger partial charge in [0.15, 0.2) is 0 Å². The third-order valence-corrected chi connectivity index (χ3v) is 5.17. The molecule has 0 radical (unpaired) electrons. The maximum atomic E-state index is 12.8. The minimum Gasteiger partial charge on any atom is -0.378 e. The van der Waals surface area contributed by atoms with Crippen LogP contribution in [-0.2, 0) is 6.18 Å². The Morgan fingerprint density at radius 1 is 1.15 bits per heavy atom. The molecule has 1 unspecified atom stereocenters. The van der Waals surface area contributed by atoms with Crippen LogP contribution in [0.3, 0.4) is 0 Å². The van der Waals surface area contributed by atoms with Gasteiger partial charge in [0.25, 0.3) is 0 Å². The summed E-state index contributed by atoms with van der Waals surface area (Å²) >= 11 is 7.85. The summed E-state index contributed by atoms with van der Waals surface area (Å²) in [4.78, 5) is 1.05. The fraction of sp³-hybridized carbons (Fsp3) is 0.231. The molecule has 0 fully saturated rings. The van der Waals surface area contributed by atoms with E-state index < -0.39 is 11.7 Å². The number of hydrogen-bond acceptors (Lipinski definition) is 2. The molecule has 0 aliphatic rings. The van der Waals surface area contributed by atoms with Crippen LogP contribution in [0.4, 0.5) is 18.9 Å². The van der Waals surface area contributed by atoms with E-state index in [2.05, 4.69) is 37.2 Å². The van der Waals surface area contributed by atoms with E-state index >= 15 is 0 Å². The SMILES string of the molecule is CC(Nc1ccc(Br)c(C(F)(F)F)c1)c1ccc(Br)s1. The van der Waals surface area contributed by atoms with Crippen molar-refractivity contribution in [2.45, 2.75) is 19.1 Å². The van der Waals surface area contributed by atoms with Crippen molar-refractivity contribution in [3.63, 3.8) is 0 Å². The first-order valence-electron chi connectivity index (χ1n) is 5.66. The number of halogens is 5. The molecule has 1 N–H and O–H groups in total. The predicted octanol–water partition coefficient (Wildman–Crippen LogP) is 6.47. The van der Waals surface area contributed by atoms with Crippen LogP contribution in [0.25, 0.3) is 0 Å². The van der Waals surface area contributed by atoms with Gasteiger partial charge in [0.1, 0.15) is 0 Å². The molecule has 0 saturated carbocycles. The van der Waals surface area contributed by atoms with Crippen LogP contribution in [0.2, 0.25) is 0 Å². The number of benzene rings is 1. The Bertz CT molecular complexity index is 610. The highest BCUT2D eigenvalue weighted by atomic mass is 79.9. The molecule has 20 heavy (non-hydrogen) atoms. The smallest absolute Gasteiger partial charge is 0.378 e. The standard InChI is InChI=1S/C13H10Br2F3NS/c1-7(11-4-5-12(15)20-11)19-8-2-3-10(14)9(6-8)13(16,17)18/h2-7,19H,1H3. The van der Waals surface area contributed by atoms with Crippen molar-refractivity contribution in [2.75, 3.05) is 5.32 Å². The van der Waals surface area contributed by atoms with E-state index in [4.69, 9.17) is 0 Å². The summed E-state index contributed by atoms with van der Waals surface area (Å²) in [5.41, 5.74) is -0.236. The number of thiophene rings is 1. The molecule has 2 aromatic rings. The van der Waals surface area contributed by atoms with Gasteiger partial charge in [-0.25, -0.2) is 0 Å². The molecule has 1 heterocycles. The number of alkyl halides is 3. The Hall–Kier alpha value is -0.530. The Balaban J connectivity index is 2.22. The van der Waals surface area contributed by atoms with E-state index in [-0.39, 0.29) is 10.5 Å². The lowest BCUT2D eigenvalue weighted by Gasteiger charge is -2.16. The minimum absolute atomic E-state index is 0.0436. The Morgan fingerprint density at radius 2 is 1.85 bits per heavy atom. The van der Waals surface area contributed by atoms with E-state index in [1.54, 1.807) is 17.4 Å². The van der Waals surface area contributed by atoms with Crippen molar-refractivity contribution in [2.24, 2.45) is 0 Å². The third kappa shape index (κ3) is 3.77. The molecule has 108 valence electrons. The summed E-state index contributed by atoms with van der Waals surface area (Å²) in [6.45, 7) is 1.91. The summed E-state index contributed by atoms with van der Waals surface area (Å²) < 4.78 is 39.5.